The van der Waals surface area contributed by atoms with Crippen molar-refractivity contribution in [2.24, 2.45) is 0 Å². The second-order valence-electron chi connectivity index (χ2n) is 4.31. The summed E-state index contributed by atoms with van der Waals surface area (Å²) in [7, 11) is 0. The predicted octanol–water partition coefficient (Wildman–Crippen LogP) is 3.12. The molecule has 0 fully saturated rings. The highest BCUT2D eigenvalue weighted by Crippen LogP contribution is 2.21. The van der Waals surface area contributed by atoms with Crippen LogP contribution in [0.2, 0.25) is 0 Å². The van der Waals surface area contributed by atoms with Crippen molar-refractivity contribution in [2.45, 2.75) is 20.3 Å². The van der Waals surface area contributed by atoms with E-state index in [1.54, 1.807) is 6.08 Å². The number of allylic oxidation sites excluding steroid dienone is 3. The van der Waals surface area contributed by atoms with Gasteiger partial charge in [-0.05, 0) is 48.4 Å². The minimum absolute atomic E-state index is 0.124. The van der Waals surface area contributed by atoms with E-state index in [-0.39, 0.29) is 5.76 Å². The largest absolute Gasteiger partial charge is 0.501 e. The minimum atomic E-state index is 0.124. The summed E-state index contributed by atoms with van der Waals surface area (Å²) in [6.07, 6.45) is 4.26. The lowest BCUT2D eigenvalue weighted by Gasteiger charge is -2.09. The van der Waals surface area contributed by atoms with Crippen molar-refractivity contribution in [3.63, 3.8) is 0 Å². The molecule has 2 nitrogen and oxygen atoms in total. The lowest BCUT2D eigenvalue weighted by molar-refractivity contribution is 0.433. The van der Waals surface area contributed by atoms with Gasteiger partial charge in [-0.2, -0.15) is 0 Å². The Morgan fingerprint density at radius 3 is 2.29 bits per heavy atom. The van der Waals surface area contributed by atoms with Crippen LogP contribution in [0.1, 0.15) is 16.7 Å². The molecule has 2 rings (SSSR count). The van der Waals surface area contributed by atoms with Crippen molar-refractivity contribution in [2.75, 3.05) is 5.73 Å². The molecule has 86 valence electrons. The number of rotatable bonds is 2. The first-order valence-electron chi connectivity index (χ1n) is 5.53. The summed E-state index contributed by atoms with van der Waals surface area (Å²) >= 11 is 0. The maximum absolute atomic E-state index is 9.14. The van der Waals surface area contributed by atoms with E-state index in [0.29, 0.717) is 0 Å². The SMILES string of the molecule is Cc1cc(CC2=C=C=C(O)C=C2)cc(C)c1N. The molecule has 0 saturated heterocycles. The van der Waals surface area contributed by atoms with E-state index in [9.17, 15) is 0 Å². The molecule has 0 spiro atoms. The number of anilines is 1. The molecule has 17 heavy (non-hydrogen) atoms. The van der Waals surface area contributed by atoms with Crippen LogP contribution in [0.25, 0.3) is 0 Å². The number of aliphatic hydroxyl groups excluding tert-OH is 1. The van der Waals surface area contributed by atoms with Gasteiger partial charge in [0.1, 0.15) is 0 Å². The number of aryl methyl sites for hydroxylation is 2. The maximum Gasteiger partial charge on any atom is 0.167 e. The van der Waals surface area contributed by atoms with Gasteiger partial charge in [-0.25, -0.2) is 0 Å². The first kappa shape index (κ1) is 11.3. The van der Waals surface area contributed by atoms with Crippen LogP contribution >= 0.6 is 0 Å². The molecule has 1 aliphatic rings. The van der Waals surface area contributed by atoms with Crippen LogP contribution in [-0.2, 0) is 6.42 Å². The first-order valence-corrected chi connectivity index (χ1v) is 5.53. The van der Waals surface area contributed by atoms with Gasteiger partial charge in [0.15, 0.2) is 5.76 Å². The van der Waals surface area contributed by atoms with E-state index in [1.807, 2.05) is 19.9 Å². The van der Waals surface area contributed by atoms with Crippen molar-refractivity contribution in [1.29, 1.82) is 0 Å². The van der Waals surface area contributed by atoms with Crippen LogP contribution in [0.3, 0.4) is 0 Å². The Bertz CT molecular complexity index is 572. The molecule has 0 atom stereocenters. The fourth-order valence-corrected chi connectivity index (χ4v) is 1.90. The molecule has 0 aliphatic heterocycles. The fourth-order valence-electron chi connectivity index (χ4n) is 1.90. The normalized spacial score (nSPS) is 13.5. The zero-order valence-corrected chi connectivity index (χ0v) is 10.0. The molecule has 0 radical (unpaired) electrons. The Balaban J connectivity index is 2.33. The monoisotopic (exact) mass is 225 g/mol. The van der Waals surface area contributed by atoms with Crippen molar-refractivity contribution >= 4 is 5.69 Å². The predicted molar refractivity (Wildman–Crippen MR) is 69.9 cm³/mol. The Hall–Kier alpha value is -2.14. The van der Waals surface area contributed by atoms with Gasteiger partial charge in [0.05, 0.1) is 0 Å². The Kier molecular flexibility index (Phi) is 2.93. The average molecular weight is 225 g/mol. The Morgan fingerprint density at radius 1 is 1.12 bits per heavy atom. The highest BCUT2D eigenvalue weighted by molar-refractivity contribution is 5.55. The topological polar surface area (TPSA) is 46.2 Å². The third-order valence-electron chi connectivity index (χ3n) is 2.84. The molecule has 1 aromatic carbocycles. The molecule has 0 saturated carbocycles. The van der Waals surface area contributed by atoms with E-state index < -0.39 is 0 Å². The summed E-state index contributed by atoms with van der Waals surface area (Å²) < 4.78 is 0. The summed E-state index contributed by atoms with van der Waals surface area (Å²) in [5, 5.41) is 9.14. The van der Waals surface area contributed by atoms with Gasteiger partial charge in [-0.3, -0.25) is 0 Å². The number of benzene rings is 1. The minimum Gasteiger partial charge on any atom is -0.501 e. The molecule has 0 bridgehead atoms. The molecule has 0 amide bonds. The van der Waals surface area contributed by atoms with Crippen LogP contribution in [0.4, 0.5) is 5.69 Å². The standard InChI is InChI=1S/C15H15NO/c1-10-7-13(8-11(2)15(10)16)9-12-3-5-14(17)6-4-12/h3,5,7-8,17H,9,16H2,1-2H3. The quantitative estimate of drug-likeness (QED) is 0.600. The number of hydrogen-bond donors (Lipinski definition) is 2. The number of nitrogen functional groups attached to an aromatic ring is 1. The molecule has 2 heteroatoms. The van der Waals surface area contributed by atoms with Gasteiger partial charge in [0.25, 0.3) is 0 Å². The van der Waals surface area contributed by atoms with Gasteiger partial charge in [-0.15, -0.1) is 0 Å². The van der Waals surface area contributed by atoms with Gasteiger partial charge in [-0.1, -0.05) is 17.9 Å². The van der Waals surface area contributed by atoms with Crippen molar-refractivity contribution in [3.05, 3.63) is 63.8 Å². The molecule has 3 N–H and O–H groups in total. The number of hydrogen-bond acceptors (Lipinski definition) is 2. The fraction of sp³-hybridized carbons (Fsp3) is 0.200. The van der Waals surface area contributed by atoms with Gasteiger partial charge in [0.2, 0.25) is 0 Å². The smallest absolute Gasteiger partial charge is 0.167 e. The third kappa shape index (κ3) is 2.51. The van der Waals surface area contributed by atoms with Crippen molar-refractivity contribution < 1.29 is 5.11 Å². The molecule has 0 heterocycles. The Labute approximate surface area is 101 Å². The molecule has 0 aromatic heterocycles. The van der Waals surface area contributed by atoms with E-state index in [1.165, 1.54) is 5.56 Å². The average Bonchev–Trinajstić information content (AvgIpc) is 2.29. The molecular formula is C15H15NO. The van der Waals surface area contributed by atoms with E-state index in [2.05, 4.69) is 23.6 Å². The van der Waals surface area contributed by atoms with Crippen LogP contribution in [0, 0.1) is 13.8 Å². The lowest BCUT2D eigenvalue weighted by atomic mass is 9.99. The van der Waals surface area contributed by atoms with E-state index in [4.69, 9.17) is 10.8 Å². The Morgan fingerprint density at radius 2 is 1.76 bits per heavy atom. The number of aliphatic hydroxyl groups is 1. The van der Waals surface area contributed by atoms with E-state index >= 15 is 0 Å². The highest BCUT2D eigenvalue weighted by Gasteiger charge is 2.04. The molecule has 1 aromatic rings. The van der Waals surface area contributed by atoms with E-state index in [0.717, 1.165) is 28.8 Å². The highest BCUT2D eigenvalue weighted by atomic mass is 16.3. The lowest BCUT2D eigenvalue weighted by Crippen LogP contribution is -1.97. The summed E-state index contributed by atoms with van der Waals surface area (Å²) in [5.74, 6) is 0.124. The molecule has 0 unspecified atom stereocenters. The van der Waals surface area contributed by atoms with Crippen molar-refractivity contribution in [3.8, 4) is 0 Å². The first-order chi connectivity index (χ1) is 8.06. The molecular weight excluding hydrogens is 210 g/mol. The van der Waals surface area contributed by atoms with Gasteiger partial charge in [0, 0.05) is 17.7 Å². The van der Waals surface area contributed by atoms with Gasteiger partial charge < -0.3 is 10.8 Å². The van der Waals surface area contributed by atoms with Crippen molar-refractivity contribution in [1.82, 2.24) is 0 Å². The zero-order chi connectivity index (χ0) is 12.4. The van der Waals surface area contributed by atoms with Crippen LogP contribution < -0.4 is 5.73 Å². The zero-order valence-electron chi connectivity index (χ0n) is 10.0. The summed E-state index contributed by atoms with van der Waals surface area (Å²) in [6, 6.07) is 4.17. The summed E-state index contributed by atoms with van der Waals surface area (Å²) in [4.78, 5) is 0. The maximum atomic E-state index is 9.14. The second kappa shape index (κ2) is 4.39. The van der Waals surface area contributed by atoms with Crippen LogP contribution in [-0.4, -0.2) is 5.11 Å². The van der Waals surface area contributed by atoms with Crippen LogP contribution in [0.5, 0.6) is 0 Å². The second-order valence-corrected chi connectivity index (χ2v) is 4.31. The summed E-state index contributed by atoms with van der Waals surface area (Å²) in [6.45, 7) is 4.02. The number of nitrogens with two attached hydrogens (primary N) is 1. The van der Waals surface area contributed by atoms with Gasteiger partial charge >= 0.3 is 0 Å². The molecule has 1 aliphatic carbocycles. The third-order valence-corrected chi connectivity index (χ3v) is 2.84. The van der Waals surface area contributed by atoms with Crippen LogP contribution in [0.15, 0.2) is 47.1 Å². The summed E-state index contributed by atoms with van der Waals surface area (Å²) in [5.41, 5.74) is 16.8.